The van der Waals surface area contributed by atoms with Crippen LogP contribution in [0.4, 0.5) is 5.82 Å². The monoisotopic (exact) mass is 344 g/mol. The Kier molecular flexibility index (Phi) is 3.24. The van der Waals surface area contributed by atoms with Crippen molar-refractivity contribution in [2.45, 2.75) is 26.2 Å². The van der Waals surface area contributed by atoms with Gasteiger partial charge in [0.25, 0.3) is 0 Å². The third-order valence-electron chi connectivity index (χ3n) is 3.44. The molecule has 108 valence electrons. The number of nitrogens with zero attached hydrogens (tertiary/aromatic N) is 3. The lowest BCUT2D eigenvalue weighted by molar-refractivity contribution is 0.544. The Hall–Kier alpha value is -1.88. The minimum absolute atomic E-state index is 0.123. The number of hydrogen-bond acceptors (Lipinski definition) is 3. The van der Waals surface area contributed by atoms with Crippen LogP contribution in [0.25, 0.3) is 16.5 Å². The van der Waals surface area contributed by atoms with E-state index in [9.17, 15) is 0 Å². The van der Waals surface area contributed by atoms with Crippen molar-refractivity contribution in [3.63, 3.8) is 0 Å². The summed E-state index contributed by atoms with van der Waals surface area (Å²) < 4.78 is 2.90. The van der Waals surface area contributed by atoms with E-state index in [-0.39, 0.29) is 5.41 Å². The van der Waals surface area contributed by atoms with Gasteiger partial charge in [-0.05, 0) is 35.0 Å². The molecule has 2 N–H and O–H groups in total. The van der Waals surface area contributed by atoms with E-state index in [1.54, 1.807) is 0 Å². The highest BCUT2D eigenvalue weighted by molar-refractivity contribution is 9.10. The molecule has 0 aliphatic rings. The Labute approximate surface area is 132 Å². The van der Waals surface area contributed by atoms with Crippen LogP contribution in [0.15, 0.2) is 40.9 Å². The number of nitrogen functional groups attached to an aromatic ring is 1. The molecule has 2 aromatic carbocycles. The second kappa shape index (κ2) is 4.84. The number of anilines is 1. The number of fused-ring (bicyclic) bond motifs is 1. The number of rotatable bonds is 1. The maximum absolute atomic E-state index is 6.00. The van der Waals surface area contributed by atoms with Crippen molar-refractivity contribution in [1.82, 2.24) is 15.0 Å². The van der Waals surface area contributed by atoms with Crippen LogP contribution in [0, 0.1) is 0 Å². The molecule has 0 saturated carbocycles. The van der Waals surface area contributed by atoms with E-state index in [0.29, 0.717) is 5.82 Å². The van der Waals surface area contributed by atoms with Crippen molar-refractivity contribution in [3.05, 3.63) is 46.6 Å². The Morgan fingerprint density at radius 2 is 1.71 bits per heavy atom. The van der Waals surface area contributed by atoms with Crippen LogP contribution in [0.5, 0.6) is 0 Å². The Bertz CT molecular complexity index is 815. The normalized spacial score (nSPS) is 12.0. The van der Waals surface area contributed by atoms with Gasteiger partial charge in [-0.15, -0.1) is 5.10 Å². The molecular weight excluding hydrogens is 328 g/mol. The summed E-state index contributed by atoms with van der Waals surface area (Å²) in [5.74, 6) is 0.485. The summed E-state index contributed by atoms with van der Waals surface area (Å²) >= 11 is 3.49. The minimum atomic E-state index is -0.123. The quantitative estimate of drug-likeness (QED) is 0.724. The fourth-order valence-corrected chi connectivity index (χ4v) is 2.89. The molecule has 3 rings (SSSR count). The molecule has 21 heavy (non-hydrogen) atoms. The summed E-state index contributed by atoms with van der Waals surface area (Å²) in [6.45, 7) is 6.32. The first-order chi connectivity index (χ1) is 9.86. The Morgan fingerprint density at radius 3 is 2.43 bits per heavy atom. The molecular formula is C16H17BrN4. The maximum atomic E-state index is 6.00. The number of hydrogen-bond donors (Lipinski definition) is 1. The first kappa shape index (κ1) is 14.1. The molecule has 0 atom stereocenters. The van der Waals surface area contributed by atoms with Crippen LogP contribution < -0.4 is 5.73 Å². The second-order valence-corrected chi connectivity index (χ2v) is 7.08. The van der Waals surface area contributed by atoms with Gasteiger partial charge in [0.05, 0.1) is 11.4 Å². The third-order valence-corrected chi connectivity index (χ3v) is 3.93. The molecule has 0 unspecified atom stereocenters. The first-order valence-corrected chi connectivity index (χ1v) is 7.57. The standard InChI is InChI=1S/C16H17BrN4/c1-16(2,3)14-15(18)19-20-21(14)13-7-5-10-8-12(17)6-4-11(10)9-13/h4-9H,18H2,1-3H3. The zero-order chi connectivity index (χ0) is 15.2. The summed E-state index contributed by atoms with van der Waals surface area (Å²) in [6, 6.07) is 12.4. The molecule has 0 aliphatic carbocycles. The summed E-state index contributed by atoms with van der Waals surface area (Å²) in [5.41, 5.74) is 7.77. The van der Waals surface area contributed by atoms with Crippen LogP contribution in [-0.4, -0.2) is 15.0 Å². The lowest BCUT2D eigenvalue weighted by Gasteiger charge is -2.20. The van der Waals surface area contributed by atoms with Crippen LogP contribution in [0.1, 0.15) is 26.5 Å². The van der Waals surface area contributed by atoms with E-state index in [1.165, 1.54) is 5.39 Å². The van der Waals surface area contributed by atoms with E-state index in [1.807, 2.05) is 16.8 Å². The highest BCUT2D eigenvalue weighted by Gasteiger charge is 2.24. The van der Waals surface area contributed by atoms with Gasteiger partial charge in [0.15, 0.2) is 5.82 Å². The van der Waals surface area contributed by atoms with Crippen LogP contribution in [0.3, 0.4) is 0 Å². The molecule has 0 amide bonds. The number of aromatic nitrogens is 3. The van der Waals surface area contributed by atoms with Crippen molar-refractivity contribution in [3.8, 4) is 5.69 Å². The topological polar surface area (TPSA) is 56.7 Å². The molecule has 1 heterocycles. The van der Waals surface area contributed by atoms with Crippen molar-refractivity contribution < 1.29 is 0 Å². The summed E-state index contributed by atoms with van der Waals surface area (Å²) in [5, 5.41) is 10.6. The van der Waals surface area contributed by atoms with Gasteiger partial charge in [-0.2, -0.15) is 0 Å². The Balaban J connectivity index is 2.20. The molecule has 5 heteroatoms. The van der Waals surface area contributed by atoms with Crippen LogP contribution in [0.2, 0.25) is 0 Å². The molecule has 0 fully saturated rings. The van der Waals surface area contributed by atoms with Gasteiger partial charge < -0.3 is 5.73 Å². The molecule has 0 spiro atoms. The predicted molar refractivity (Wildman–Crippen MR) is 89.7 cm³/mol. The molecule has 3 aromatic rings. The van der Waals surface area contributed by atoms with Gasteiger partial charge in [0.2, 0.25) is 0 Å². The number of halogens is 1. The molecule has 1 aromatic heterocycles. The second-order valence-electron chi connectivity index (χ2n) is 6.16. The van der Waals surface area contributed by atoms with E-state index in [0.717, 1.165) is 21.2 Å². The lowest BCUT2D eigenvalue weighted by Crippen LogP contribution is -2.19. The molecule has 0 bridgehead atoms. The summed E-state index contributed by atoms with van der Waals surface area (Å²) in [4.78, 5) is 0. The third kappa shape index (κ3) is 2.53. The van der Waals surface area contributed by atoms with Gasteiger partial charge in [-0.1, -0.05) is 54.0 Å². The molecule has 4 nitrogen and oxygen atoms in total. The average Bonchev–Trinajstić information content (AvgIpc) is 2.80. The Morgan fingerprint density at radius 1 is 1.05 bits per heavy atom. The predicted octanol–water partition coefficient (Wildman–Crippen LogP) is 4.06. The molecule has 0 saturated heterocycles. The van der Waals surface area contributed by atoms with Crippen molar-refractivity contribution >= 4 is 32.5 Å². The smallest absolute Gasteiger partial charge is 0.170 e. The van der Waals surface area contributed by atoms with Crippen LogP contribution in [-0.2, 0) is 5.41 Å². The zero-order valence-corrected chi connectivity index (χ0v) is 13.8. The largest absolute Gasteiger partial charge is 0.381 e. The molecule has 0 aliphatic heterocycles. The highest BCUT2D eigenvalue weighted by atomic mass is 79.9. The van der Waals surface area contributed by atoms with Gasteiger partial charge in [0.1, 0.15) is 0 Å². The van der Waals surface area contributed by atoms with Crippen LogP contribution >= 0.6 is 15.9 Å². The number of benzene rings is 2. The van der Waals surface area contributed by atoms with Gasteiger partial charge in [-0.3, -0.25) is 0 Å². The van der Waals surface area contributed by atoms with E-state index in [2.05, 4.69) is 71.3 Å². The highest BCUT2D eigenvalue weighted by Crippen LogP contribution is 2.29. The molecule has 0 radical (unpaired) electrons. The fourth-order valence-electron chi connectivity index (χ4n) is 2.51. The first-order valence-electron chi connectivity index (χ1n) is 6.77. The van der Waals surface area contributed by atoms with Crippen molar-refractivity contribution in [1.29, 1.82) is 0 Å². The van der Waals surface area contributed by atoms with E-state index in [4.69, 9.17) is 5.73 Å². The number of nitrogens with two attached hydrogens (primary N) is 1. The van der Waals surface area contributed by atoms with Gasteiger partial charge >= 0.3 is 0 Å². The van der Waals surface area contributed by atoms with Crippen molar-refractivity contribution in [2.24, 2.45) is 0 Å². The SMILES string of the molecule is CC(C)(C)c1c(N)nnn1-c1ccc2cc(Br)ccc2c1. The fraction of sp³-hybridized carbons (Fsp3) is 0.250. The lowest BCUT2D eigenvalue weighted by atomic mass is 9.91. The van der Waals surface area contributed by atoms with E-state index < -0.39 is 0 Å². The van der Waals surface area contributed by atoms with Crippen molar-refractivity contribution in [2.75, 3.05) is 5.73 Å². The summed E-state index contributed by atoms with van der Waals surface area (Å²) in [6.07, 6.45) is 0. The van der Waals surface area contributed by atoms with Gasteiger partial charge in [-0.25, -0.2) is 4.68 Å². The van der Waals surface area contributed by atoms with Gasteiger partial charge in [0, 0.05) is 9.89 Å². The maximum Gasteiger partial charge on any atom is 0.170 e. The zero-order valence-electron chi connectivity index (χ0n) is 12.3. The minimum Gasteiger partial charge on any atom is -0.381 e. The van der Waals surface area contributed by atoms with E-state index >= 15 is 0 Å². The average molecular weight is 345 g/mol. The summed E-state index contributed by atoms with van der Waals surface area (Å²) in [7, 11) is 0.